The molecule has 1 unspecified atom stereocenters. The topological polar surface area (TPSA) is 75.2 Å². The van der Waals surface area contributed by atoms with Gasteiger partial charge in [-0.3, -0.25) is 9.69 Å². The van der Waals surface area contributed by atoms with Gasteiger partial charge in [0.15, 0.2) is 0 Å². The Morgan fingerprint density at radius 1 is 1.11 bits per heavy atom. The molecule has 2 amide bonds. The zero-order valence-corrected chi connectivity index (χ0v) is 20.5. The van der Waals surface area contributed by atoms with Crippen LogP contribution in [0.1, 0.15) is 59.0 Å². The van der Waals surface area contributed by atoms with Crippen LogP contribution in [-0.4, -0.2) is 74.4 Å². The highest BCUT2D eigenvalue weighted by Gasteiger charge is 2.36. The SMILES string of the molecule is COCC1COC(=O)N1c1ccc(C(=O)N2CCN(c3ncc(C4CC4)cc3C3CC3)CC2)c(F)c1. The average Bonchev–Trinajstić information content (AvgIpc) is 3.82. The van der Waals surface area contributed by atoms with Crippen LogP contribution in [0, 0.1) is 5.82 Å². The van der Waals surface area contributed by atoms with Crippen LogP contribution in [0.25, 0.3) is 0 Å². The number of anilines is 2. The number of aromatic nitrogens is 1. The number of methoxy groups -OCH3 is 1. The van der Waals surface area contributed by atoms with Gasteiger partial charge in [-0.1, -0.05) is 6.07 Å². The zero-order chi connectivity index (χ0) is 24.8. The lowest BCUT2D eigenvalue weighted by atomic mass is 10.1. The molecule has 0 radical (unpaired) electrons. The van der Waals surface area contributed by atoms with Crippen LogP contribution in [-0.2, 0) is 9.47 Å². The summed E-state index contributed by atoms with van der Waals surface area (Å²) >= 11 is 0. The van der Waals surface area contributed by atoms with E-state index in [4.69, 9.17) is 14.5 Å². The molecule has 36 heavy (non-hydrogen) atoms. The van der Waals surface area contributed by atoms with E-state index in [9.17, 15) is 9.59 Å². The number of carbonyl (C=O) groups is 2. The monoisotopic (exact) mass is 494 g/mol. The molecule has 1 aromatic heterocycles. The van der Waals surface area contributed by atoms with Gasteiger partial charge >= 0.3 is 6.09 Å². The van der Waals surface area contributed by atoms with Gasteiger partial charge < -0.3 is 19.3 Å². The minimum Gasteiger partial charge on any atom is -0.447 e. The number of hydrogen-bond acceptors (Lipinski definition) is 6. The molecule has 0 N–H and O–H groups in total. The maximum Gasteiger partial charge on any atom is 0.414 e. The molecular weight excluding hydrogens is 463 g/mol. The average molecular weight is 495 g/mol. The van der Waals surface area contributed by atoms with Gasteiger partial charge in [-0.15, -0.1) is 0 Å². The van der Waals surface area contributed by atoms with Gasteiger partial charge in [0, 0.05) is 39.5 Å². The molecule has 4 fully saturated rings. The Bertz CT molecular complexity index is 1170. The Labute approximate surface area is 210 Å². The molecule has 9 heteroatoms. The van der Waals surface area contributed by atoms with Crippen LogP contribution in [0.15, 0.2) is 30.5 Å². The highest BCUT2D eigenvalue weighted by atomic mass is 19.1. The Balaban J connectivity index is 1.13. The number of pyridine rings is 1. The van der Waals surface area contributed by atoms with Crippen molar-refractivity contribution in [1.29, 1.82) is 0 Å². The first kappa shape index (κ1) is 23.2. The van der Waals surface area contributed by atoms with Crippen LogP contribution in [0.2, 0.25) is 0 Å². The summed E-state index contributed by atoms with van der Waals surface area (Å²) in [5.41, 5.74) is 3.08. The lowest BCUT2D eigenvalue weighted by Crippen LogP contribution is -2.49. The first-order valence-corrected chi connectivity index (χ1v) is 12.8. The molecule has 190 valence electrons. The molecule has 1 aromatic carbocycles. The summed E-state index contributed by atoms with van der Waals surface area (Å²) < 4.78 is 25.3. The Morgan fingerprint density at radius 2 is 1.86 bits per heavy atom. The summed E-state index contributed by atoms with van der Waals surface area (Å²) in [6, 6.07) is 6.31. The van der Waals surface area contributed by atoms with Crippen molar-refractivity contribution in [3.05, 3.63) is 53.0 Å². The van der Waals surface area contributed by atoms with E-state index in [1.807, 2.05) is 6.20 Å². The van der Waals surface area contributed by atoms with Gasteiger partial charge in [-0.05, 0) is 66.8 Å². The molecule has 2 saturated heterocycles. The summed E-state index contributed by atoms with van der Waals surface area (Å²) in [7, 11) is 1.54. The number of halogens is 1. The van der Waals surface area contributed by atoms with E-state index in [0.29, 0.717) is 43.7 Å². The highest BCUT2D eigenvalue weighted by molar-refractivity contribution is 5.96. The Morgan fingerprint density at radius 3 is 2.53 bits per heavy atom. The third-order valence-corrected chi connectivity index (χ3v) is 7.63. The number of ether oxygens (including phenoxy) is 2. The maximum atomic E-state index is 15.1. The van der Waals surface area contributed by atoms with Gasteiger partial charge in [0.2, 0.25) is 0 Å². The molecule has 0 spiro atoms. The summed E-state index contributed by atoms with van der Waals surface area (Å²) in [4.78, 5) is 35.5. The van der Waals surface area contributed by atoms with E-state index < -0.39 is 11.9 Å². The fourth-order valence-electron chi connectivity index (χ4n) is 5.30. The van der Waals surface area contributed by atoms with Crippen molar-refractivity contribution in [2.24, 2.45) is 0 Å². The molecular formula is C27H31FN4O4. The zero-order valence-electron chi connectivity index (χ0n) is 20.5. The highest BCUT2D eigenvalue weighted by Crippen LogP contribution is 2.47. The molecule has 2 aromatic rings. The van der Waals surface area contributed by atoms with Crippen LogP contribution in [0.4, 0.5) is 20.7 Å². The largest absolute Gasteiger partial charge is 0.447 e. The number of rotatable bonds is 7. The first-order chi connectivity index (χ1) is 17.5. The van der Waals surface area contributed by atoms with Gasteiger partial charge in [0.25, 0.3) is 5.91 Å². The van der Waals surface area contributed by atoms with Gasteiger partial charge in [0.05, 0.1) is 23.9 Å². The second kappa shape index (κ2) is 9.35. The fraction of sp³-hybridized carbons (Fsp3) is 0.519. The Hall–Kier alpha value is -3.20. The minimum absolute atomic E-state index is 0.00800. The number of amides is 2. The number of nitrogens with zero attached hydrogens (tertiary/aromatic N) is 4. The quantitative estimate of drug-likeness (QED) is 0.581. The second-order valence-corrected chi connectivity index (χ2v) is 10.2. The van der Waals surface area contributed by atoms with Crippen molar-refractivity contribution in [3.8, 4) is 0 Å². The third kappa shape index (κ3) is 4.40. The summed E-state index contributed by atoms with van der Waals surface area (Å²) in [5.74, 6) is 1.35. The molecule has 6 rings (SSSR count). The lowest BCUT2D eigenvalue weighted by molar-refractivity contribution is 0.0741. The number of hydrogen-bond donors (Lipinski definition) is 0. The van der Waals surface area contributed by atoms with E-state index in [-0.39, 0.29) is 30.7 Å². The van der Waals surface area contributed by atoms with E-state index in [2.05, 4.69) is 11.0 Å². The third-order valence-electron chi connectivity index (χ3n) is 7.63. The fourth-order valence-corrected chi connectivity index (χ4v) is 5.30. The van der Waals surface area contributed by atoms with Crippen molar-refractivity contribution in [3.63, 3.8) is 0 Å². The van der Waals surface area contributed by atoms with Crippen molar-refractivity contribution >= 4 is 23.5 Å². The van der Waals surface area contributed by atoms with Crippen LogP contribution in [0.5, 0.6) is 0 Å². The molecule has 3 heterocycles. The predicted octanol–water partition coefficient (Wildman–Crippen LogP) is 3.91. The van der Waals surface area contributed by atoms with Crippen LogP contribution >= 0.6 is 0 Å². The second-order valence-electron chi connectivity index (χ2n) is 10.2. The van der Waals surface area contributed by atoms with Gasteiger partial charge in [-0.2, -0.15) is 0 Å². The van der Waals surface area contributed by atoms with Gasteiger partial charge in [0.1, 0.15) is 18.2 Å². The van der Waals surface area contributed by atoms with Crippen molar-refractivity contribution in [2.45, 2.75) is 43.6 Å². The smallest absolute Gasteiger partial charge is 0.414 e. The van der Waals surface area contributed by atoms with Crippen molar-refractivity contribution in [1.82, 2.24) is 9.88 Å². The molecule has 2 aliphatic carbocycles. The van der Waals surface area contributed by atoms with Gasteiger partial charge in [-0.25, -0.2) is 14.2 Å². The number of carbonyl (C=O) groups excluding carboxylic acids is 2. The molecule has 8 nitrogen and oxygen atoms in total. The summed E-state index contributed by atoms with van der Waals surface area (Å²) in [5, 5.41) is 0. The minimum atomic E-state index is -0.649. The van der Waals surface area contributed by atoms with Crippen molar-refractivity contribution in [2.75, 3.05) is 56.3 Å². The molecule has 1 atom stereocenters. The Kier molecular flexibility index (Phi) is 6.03. The molecule has 2 saturated carbocycles. The predicted molar refractivity (Wildman–Crippen MR) is 132 cm³/mol. The standard InChI is InChI=1S/C27H31FN4O4/c1-35-15-21-16-36-27(34)32(21)20-6-7-22(24(28)13-20)26(33)31-10-8-30(9-11-31)25-23(18-4-5-18)12-19(14-29-25)17-2-3-17/h6-7,12-14,17-18,21H,2-5,8-11,15-16H2,1H3. The summed E-state index contributed by atoms with van der Waals surface area (Å²) in [6.07, 6.45) is 6.45. The summed E-state index contributed by atoms with van der Waals surface area (Å²) in [6.45, 7) is 2.80. The van der Waals surface area contributed by atoms with E-state index in [1.165, 1.54) is 61.0 Å². The van der Waals surface area contributed by atoms with E-state index in [1.54, 1.807) is 11.0 Å². The molecule has 2 aliphatic heterocycles. The number of benzene rings is 1. The molecule has 4 aliphatic rings. The van der Waals surface area contributed by atoms with Crippen LogP contribution < -0.4 is 9.80 Å². The van der Waals surface area contributed by atoms with E-state index in [0.717, 1.165) is 5.82 Å². The molecule has 0 bridgehead atoms. The first-order valence-electron chi connectivity index (χ1n) is 12.8. The van der Waals surface area contributed by atoms with Crippen molar-refractivity contribution < 1.29 is 23.5 Å². The number of cyclic esters (lactones) is 1. The lowest BCUT2D eigenvalue weighted by Gasteiger charge is -2.36. The van der Waals surface area contributed by atoms with Crippen LogP contribution in [0.3, 0.4) is 0 Å². The van der Waals surface area contributed by atoms with E-state index >= 15 is 4.39 Å². The normalized spacial score (nSPS) is 22.2. The maximum absolute atomic E-state index is 15.1. The number of piperazine rings is 1.